The summed E-state index contributed by atoms with van der Waals surface area (Å²) in [5.74, 6) is 0. The van der Waals surface area contributed by atoms with Gasteiger partial charge in [0, 0.05) is 18.0 Å². The van der Waals surface area contributed by atoms with Crippen molar-refractivity contribution in [2.75, 3.05) is 13.2 Å². The maximum atomic E-state index is 9.91. The summed E-state index contributed by atoms with van der Waals surface area (Å²) in [7, 11) is 0. The van der Waals surface area contributed by atoms with Gasteiger partial charge in [0.2, 0.25) is 0 Å². The van der Waals surface area contributed by atoms with Crippen LogP contribution in [0.3, 0.4) is 0 Å². The lowest BCUT2D eigenvalue weighted by molar-refractivity contribution is 0.0799. The van der Waals surface area contributed by atoms with E-state index in [4.69, 9.17) is 0 Å². The van der Waals surface area contributed by atoms with Crippen molar-refractivity contribution in [1.82, 2.24) is 4.90 Å². The van der Waals surface area contributed by atoms with Crippen LogP contribution in [0.2, 0.25) is 0 Å². The third-order valence-corrected chi connectivity index (χ3v) is 5.49. The lowest BCUT2D eigenvalue weighted by atomic mass is 9.87. The number of aliphatic hydroxyl groups excluding tert-OH is 1. The lowest BCUT2D eigenvalue weighted by Gasteiger charge is -2.33. The van der Waals surface area contributed by atoms with Gasteiger partial charge in [0.25, 0.3) is 0 Å². The number of hydrogen-bond donors (Lipinski definition) is 1. The van der Waals surface area contributed by atoms with Crippen LogP contribution in [0.1, 0.15) is 38.7 Å². The standard InChI is InChI=1S/C17H25NO/c1-16(2)12-17(16,13-19)15-9-6-10-18(15)11-14-7-4-3-5-8-14/h3-5,7-8,15,19H,6,9-13H2,1-2H3. The van der Waals surface area contributed by atoms with E-state index in [0.717, 1.165) is 6.54 Å². The van der Waals surface area contributed by atoms with E-state index in [9.17, 15) is 5.11 Å². The molecule has 3 rings (SSSR count). The van der Waals surface area contributed by atoms with Gasteiger partial charge in [0.1, 0.15) is 0 Å². The van der Waals surface area contributed by atoms with Crippen molar-refractivity contribution in [3.63, 3.8) is 0 Å². The average molecular weight is 259 g/mol. The van der Waals surface area contributed by atoms with E-state index in [-0.39, 0.29) is 5.41 Å². The first-order chi connectivity index (χ1) is 9.09. The molecule has 0 spiro atoms. The largest absolute Gasteiger partial charge is 0.396 e. The molecular weight excluding hydrogens is 234 g/mol. The minimum Gasteiger partial charge on any atom is -0.396 e. The van der Waals surface area contributed by atoms with Crippen LogP contribution in [0.5, 0.6) is 0 Å². The fraction of sp³-hybridized carbons (Fsp3) is 0.647. The summed E-state index contributed by atoms with van der Waals surface area (Å²) < 4.78 is 0. The molecule has 2 atom stereocenters. The van der Waals surface area contributed by atoms with Gasteiger partial charge >= 0.3 is 0 Å². The van der Waals surface area contributed by atoms with Crippen molar-refractivity contribution in [2.45, 2.75) is 45.7 Å². The maximum Gasteiger partial charge on any atom is 0.0507 e. The summed E-state index contributed by atoms with van der Waals surface area (Å²) in [6.07, 6.45) is 3.69. The molecule has 1 aromatic carbocycles. The van der Waals surface area contributed by atoms with Gasteiger partial charge in [-0.15, -0.1) is 0 Å². The number of aliphatic hydroxyl groups is 1. The van der Waals surface area contributed by atoms with Crippen molar-refractivity contribution < 1.29 is 5.11 Å². The van der Waals surface area contributed by atoms with Gasteiger partial charge in [-0.1, -0.05) is 44.2 Å². The Morgan fingerprint density at radius 1 is 1.26 bits per heavy atom. The van der Waals surface area contributed by atoms with E-state index in [0.29, 0.717) is 18.1 Å². The molecule has 19 heavy (non-hydrogen) atoms. The summed E-state index contributed by atoms with van der Waals surface area (Å²) in [5.41, 5.74) is 1.85. The summed E-state index contributed by atoms with van der Waals surface area (Å²) in [6, 6.07) is 11.3. The fourth-order valence-electron chi connectivity index (χ4n) is 4.15. The zero-order valence-electron chi connectivity index (χ0n) is 12.1. The molecule has 0 radical (unpaired) electrons. The second-order valence-corrected chi connectivity index (χ2v) is 6.99. The SMILES string of the molecule is CC1(C)CC1(CO)C1CCCN1Cc1ccccc1. The first kappa shape index (κ1) is 13.1. The summed E-state index contributed by atoms with van der Waals surface area (Å²) in [4.78, 5) is 2.60. The highest BCUT2D eigenvalue weighted by Crippen LogP contribution is 2.67. The molecule has 0 bridgehead atoms. The first-order valence-corrected chi connectivity index (χ1v) is 7.48. The third-order valence-electron chi connectivity index (χ3n) is 5.49. The quantitative estimate of drug-likeness (QED) is 0.898. The molecule has 1 aliphatic carbocycles. The fourth-order valence-corrected chi connectivity index (χ4v) is 4.15. The maximum absolute atomic E-state index is 9.91. The Kier molecular flexibility index (Phi) is 3.18. The molecule has 2 heteroatoms. The Morgan fingerprint density at radius 3 is 2.53 bits per heavy atom. The molecule has 2 fully saturated rings. The molecule has 1 saturated heterocycles. The molecule has 1 aromatic rings. The minimum atomic E-state index is 0.151. The molecule has 1 N–H and O–H groups in total. The number of nitrogens with zero attached hydrogens (tertiary/aromatic N) is 1. The highest BCUT2D eigenvalue weighted by molar-refractivity contribution is 5.19. The number of rotatable bonds is 4. The molecule has 1 aliphatic heterocycles. The normalized spacial score (nSPS) is 33.5. The van der Waals surface area contributed by atoms with Crippen molar-refractivity contribution in [3.8, 4) is 0 Å². The highest BCUT2D eigenvalue weighted by atomic mass is 16.3. The van der Waals surface area contributed by atoms with Crippen molar-refractivity contribution in [3.05, 3.63) is 35.9 Å². The third kappa shape index (κ3) is 2.11. The molecule has 104 valence electrons. The van der Waals surface area contributed by atoms with Crippen LogP contribution >= 0.6 is 0 Å². The Balaban J connectivity index is 1.76. The molecular formula is C17H25NO. The lowest BCUT2D eigenvalue weighted by Crippen LogP contribution is -2.40. The second-order valence-electron chi connectivity index (χ2n) is 6.99. The number of likely N-dealkylation sites (tertiary alicyclic amines) is 1. The van der Waals surface area contributed by atoms with Gasteiger partial charge in [-0.2, -0.15) is 0 Å². The smallest absolute Gasteiger partial charge is 0.0507 e. The van der Waals surface area contributed by atoms with Crippen molar-refractivity contribution in [2.24, 2.45) is 10.8 Å². The van der Waals surface area contributed by atoms with Gasteiger partial charge < -0.3 is 5.11 Å². The van der Waals surface area contributed by atoms with Gasteiger partial charge in [-0.3, -0.25) is 4.90 Å². The topological polar surface area (TPSA) is 23.5 Å². The van der Waals surface area contributed by atoms with Gasteiger partial charge in [0.15, 0.2) is 0 Å². The van der Waals surface area contributed by atoms with E-state index < -0.39 is 0 Å². The van der Waals surface area contributed by atoms with Crippen LogP contribution in [0.4, 0.5) is 0 Å². The van der Waals surface area contributed by atoms with Gasteiger partial charge in [0.05, 0.1) is 6.61 Å². The van der Waals surface area contributed by atoms with Gasteiger partial charge in [-0.25, -0.2) is 0 Å². The molecule has 1 heterocycles. The summed E-state index contributed by atoms with van der Waals surface area (Å²) >= 11 is 0. The van der Waals surface area contributed by atoms with Crippen molar-refractivity contribution >= 4 is 0 Å². The second kappa shape index (κ2) is 4.60. The van der Waals surface area contributed by atoms with Gasteiger partial charge in [-0.05, 0) is 36.8 Å². The van der Waals surface area contributed by atoms with E-state index in [2.05, 4.69) is 49.1 Å². The zero-order valence-corrected chi connectivity index (χ0v) is 12.1. The molecule has 2 aliphatic rings. The predicted molar refractivity (Wildman–Crippen MR) is 77.8 cm³/mol. The Morgan fingerprint density at radius 2 is 1.95 bits per heavy atom. The minimum absolute atomic E-state index is 0.151. The number of benzene rings is 1. The van der Waals surface area contributed by atoms with E-state index in [1.165, 1.54) is 31.4 Å². The molecule has 2 nitrogen and oxygen atoms in total. The predicted octanol–water partition coefficient (Wildman–Crippen LogP) is 3.06. The van der Waals surface area contributed by atoms with Crippen LogP contribution in [-0.4, -0.2) is 29.2 Å². The van der Waals surface area contributed by atoms with Crippen LogP contribution in [-0.2, 0) is 6.54 Å². The van der Waals surface area contributed by atoms with E-state index >= 15 is 0 Å². The van der Waals surface area contributed by atoms with Crippen LogP contribution in [0, 0.1) is 10.8 Å². The molecule has 0 amide bonds. The number of hydrogen-bond acceptors (Lipinski definition) is 2. The van der Waals surface area contributed by atoms with Crippen LogP contribution in [0.15, 0.2) is 30.3 Å². The van der Waals surface area contributed by atoms with Crippen molar-refractivity contribution in [1.29, 1.82) is 0 Å². The highest BCUT2D eigenvalue weighted by Gasteiger charge is 2.66. The zero-order chi connectivity index (χ0) is 13.5. The van der Waals surface area contributed by atoms with Crippen LogP contribution < -0.4 is 0 Å². The monoisotopic (exact) mass is 259 g/mol. The Bertz CT molecular complexity index is 442. The Hall–Kier alpha value is -0.860. The molecule has 1 saturated carbocycles. The van der Waals surface area contributed by atoms with E-state index in [1.54, 1.807) is 0 Å². The first-order valence-electron chi connectivity index (χ1n) is 7.48. The summed E-state index contributed by atoms with van der Waals surface area (Å²) in [5, 5.41) is 9.91. The van der Waals surface area contributed by atoms with E-state index in [1.807, 2.05) is 0 Å². The molecule has 2 unspecified atom stereocenters. The molecule has 0 aromatic heterocycles. The summed E-state index contributed by atoms with van der Waals surface area (Å²) in [6.45, 7) is 7.17. The Labute approximate surface area is 116 Å². The van der Waals surface area contributed by atoms with Crippen LogP contribution in [0.25, 0.3) is 0 Å². The average Bonchev–Trinajstić information content (AvgIpc) is 2.73.